The normalized spacial score (nSPS) is 12.6. The minimum atomic E-state index is -3.70. The van der Waals surface area contributed by atoms with Crippen LogP contribution < -0.4 is 10.5 Å². The molecule has 0 unspecified atom stereocenters. The molecule has 2 aromatic carbocycles. The van der Waals surface area contributed by atoms with Gasteiger partial charge in [-0.3, -0.25) is 0 Å². The zero-order chi connectivity index (χ0) is 17.0. The Hall–Kier alpha value is -2.27. The highest BCUT2D eigenvalue weighted by Gasteiger charge is 2.10. The van der Waals surface area contributed by atoms with Crippen molar-refractivity contribution in [3.8, 4) is 6.07 Å². The van der Waals surface area contributed by atoms with Crippen molar-refractivity contribution in [2.75, 3.05) is 0 Å². The minimum absolute atomic E-state index is 0.00876. The number of nitrogens with one attached hydrogen (secondary N) is 1. The monoisotopic (exact) mass is 333 g/mol. The number of rotatable bonds is 5. The fourth-order valence-corrected chi connectivity index (χ4v) is 2.62. The molecule has 23 heavy (non-hydrogen) atoms. The van der Waals surface area contributed by atoms with Crippen LogP contribution in [0.5, 0.6) is 0 Å². The van der Waals surface area contributed by atoms with Crippen molar-refractivity contribution in [3.63, 3.8) is 0 Å². The summed E-state index contributed by atoms with van der Waals surface area (Å²) in [5, 5.41) is 17.1. The van der Waals surface area contributed by atoms with E-state index in [2.05, 4.69) is 5.32 Å². The first-order valence-electron chi connectivity index (χ1n) is 6.86. The van der Waals surface area contributed by atoms with Gasteiger partial charge in [0.25, 0.3) is 0 Å². The molecule has 0 saturated heterocycles. The number of benzene rings is 2. The molecule has 0 aliphatic heterocycles. The van der Waals surface area contributed by atoms with E-state index >= 15 is 0 Å². The fraction of sp³-hybridized carbons (Fsp3) is 0.188. The molecule has 5 nitrogen and oxygen atoms in total. The Kier molecular flexibility index (Phi) is 5.11. The fourth-order valence-electron chi connectivity index (χ4n) is 2.10. The van der Waals surface area contributed by atoms with Gasteiger partial charge in [0.15, 0.2) is 0 Å². The van der Waals surface area contributed by atoms with E-state index in [-0.39, 0.29) is 16.5 Å². The number of hydrogen-bond acceptors (Lipinski definition) is 4. The number of nitrogens with two attached hydrogens (primary N) is 1. The lowest BCUT2D eigenvalue weighted by atomic mass is 10.1. The molecule has 0 amide bonds. The van der Waals surface area contributed by atoms with E-state index in [0.29, 0.717) is 6.54 Å². The molecule has 0 saturated carbocycles. The third-order valence-electron chi connectivity index (χ3n) is 3.47. The minimum Gasteiger partial charge on any atom is -0.306 e. The Balaban J connectivity index is 2.05. The maximum Gasteiger partial charge on any atom is 0.238 e. The molecule has 3 N–H and O–H groups in total. The second-order valence-corrected chi connectivity index (χ2v) is 6.70. The van der Waals surface area contributed by atoms with Crippen molar-refractivity contribution in [2.45, 2.75) is 24.4 Å². The summed E-state index contributed by atoms with van der Waals surface area (Å²) in [5.41, 5.74) is 1.69. The number of sulfonamides is 1. The zero-order valence-electron chi connectivity index (χ0n) is 12.5. The van der Waals surface area contributed by atoms with Gasteiger partial charge in [-0.2, -0.15) is 5.26 Å². The summed E-state index contributed by atoms with van der Waals surface area (Å²) in [4.78, 5) is 0.0608. The molecular weight excluding hydrogens is 317 g/mol. The van der Waals surface area contributed by atoms with Gasteiger partial charge in [-0.15, -0.1) is 0 Å². The predicted octanol–water partition coefficient (Wildman–Crippen LogP) is 2.20. The van der Waals surface area contributed by atoms with Crippen LogP contribution in [-0.4, -0.2) is 8.42 Å². The highest BCUT2D eigenvalue weighted by molar-refractivity contribution is 7.89. The number of nitriles is 1. The van der Waals surface area contributed by atoms with Gasteiger partial charge >= 0.3 is 0 Å². The number of halogens is 1. The lowest BCUT2D eigenvalue weighted by Gasteiger charge is -2.15. The Morgan fingerprint density at radius 1 is 1.26 bits per heavy atom. The van der Waals surface area contributed by atoms with E-state index in [1.54, 1.807) is 24.3 Å². The van der Waals surface area contributed by atoms with Crippen LogP contribution >= 0.6 is 0 Å². The lowest BCUT2D eigenvalue weighted by molar-refractivity contribution is 0.571. The summed E-state index contributed by atoms with van der Waals surface area (Å²) in [6, 6.07) is 12.4. The largest absolute Gasteiger partial charge is 0.306 e. The Bertz CT molecular complexity index is 843. The SMILES string of the molecule is C[C@H](NCc1ccc(F)c(C#N)c1)c1ccc(S(N)(=O)=O)cc1. The Morgan fingerprint density at radius 3 is 2.48 bits per heavy atom. The molecule has 0 heterocycles. The molecular formula is C16H16FN3O2S. The average molecular weight is 333 g/mol. The molecule has 1 atom stereocenters. The maximum atomic E-state index is 13.3. The molecule has 0 radical (unpaired) electrons. The van der Waals surface area contributed by atoms with Crippen molar-refractivity contribution in [1.82, 2.24) is 5.32 Å². The van der Waals surface area contributed by atoms with Crippen molar-refractivity contribution < 1.29 is 12.8 Å². The first-order valence-corrected chi connectivity index (χ1v) is 8.40. The van der Waals surface area contributed by atoms with E-state index in [0.717, 1.165) is 11.1 Å². The van der Waals surface area contributed by atoms with Gasteiger partial charge in [-0.25, -0.2) is 17.9 Å². The number of primary sulfonamides is 1. The van der Waals surface area contributed by atoms with Crippen LogP contribution in [0.3, 0.4) is 0 Å². The van der Waals surface area contributed by atoms with E-state index in [1.807, 2.05) is 6.92 Å². The van der Waals surface area contributed by atoms with Crippen LogP contribution in [0.2, 0.25) is 0 Å². The van der Waals surface area contributed by atoms with Gasteiger partial charge in [-0.1, -0.05) is 18.2 Å². The summed E-state index contributed by atoms with van der Waals surface area (Å²) in [7, 11) is -3.70. The number of hydrogen-bond donors (Lipinski definition) is 2. The van der Waals surface area contributed by atoms with Crippen molar-refractivity contribution >= 4 is 10.0 Å². The van der Waals surface area contributed by atoms with Crippen LogP contribution in [0.15, 0.2) is 47.4 Å². The van der Waals surface area contributed by atoms with E-state index < -0.39 is 15.8 Å². The first kappa shape index (κ1) is 17.1. The summed E-state index contributed by atoms with van der Waals surface area (Å²) in [5.74, 6) is -0.539. The molecule has 0 aliphatic carbocycles. The van der Waals surface area contributed by atoms with Gasteiger partial charge in [0.1, 0.15) is 11.9 Å². The summed E-state index contributed by atoms with van der Waals surface area (Å²) >= 11 is 0. The zero-order valence-corrected chi connectivity index (χ0v) is 13.3. The third-order valence-corrected chi connectivity index (χ3v) is 4.40. The van der Waals surface area contributed by atoms with Gasteiger partial charge in [0, 0.05) is 12.6 Å². The van der Waals surface area contributed by atoms with Crippen molar-refractivity contribution in [1.29, 1.82) is 5.26 Å². The van der Waals surface area contributed by atoms with E-state index in [4.69, 9.17) is 10.4 Å². The second kappa shape index (κ2) is 6.87. The van der Waals surface area contributed by atoms with Gasteiger partial charge in [0.2, 0.25) is 10.0 Å². The van der Waals surface area contributed by atoms with Crippen LogP contribution in [0, 0.1) is 17.1 Å². The second-order valence-electron chi connectivity index (χ2n) is 5.14. The molecule has 0 aromatic heterocycles. The molecule has 0 fully saturated rings. The van der Waals surface area contributed by atoms with Crippen molar-refractivity contribution in [3.05, 3.63) is 65.0 Å². The Morgan fingerprint density at radius 2 is 1.91 bits per heavy atom. The molecule has 2 rings (SSSR count). The van der Waals surface area contributed by atoms with Crippen molar-refractivity contribution in [2.24, 2.45) is 5.14 Å². The van der Waals surface area contributed by atoms with Crippen LogP contribution in [-0.2, 0) is 16.6 Å². The highest BCUT2D eigenvalue weighted by atomic mass is 32.2. The predicted molar refractivity (Wildman–Crippen MR) is 84.2 cm³/mol. The van der Waals surface area contributed by atoms with Gasteiger partial charge < -0.3 is 5.32 Å². The van der Waals surface area contributed by atoms with Crippen LogP contribution in [0.4, 0.5) is 4.39 Å². The highest BCUT2D eigenvalue weighted by Crippen LogP contribution is 2.17. The number of nitrogens with zero attached hydrogens (tertiary/aromatic N) is 1. The summed E-state index contributed by atoms with van der Waals surface area (Å²) in [6.07, 6.45) is 0. The van der Waals surface area contributed by atoms with Gasteiger partial charge in [-0.05, 0) is 42.3 Å². The summed E-state index contributed by atoms with van der Waals surface area (Å²) in [6.45, 7) is 2.37. The standard InChI is InChI=1S/C16H16FN3O2S/c1-11(13-3-5-15(6-4-13)23(19,21)22)20-10-12-2-7-16(17)14(8-12)9-18/h2-8,11,20H,10H2,1H3,(H2,19,21,22)/t11-/m0/s1. The quantitative estimate of drug-likeness (QED) is 0.876. The molecule has 120 valence electrons. The topological polar surface area (TPSA) is 96.0 Å². The Labute approximate surface area is 134 Å². The molecule has 7 heteroatoms. The summed E-state index contributed by atoms with van der Waals surface area (Å²) < 4.78 is 35.7. The maximum absolute atomic E-state index is 13.3. The lowest BCUT2D eigenvalue weighted by Crippen LogP contribution is -2.18. The van der Waals surface area contributed by atoms with Crippen LogP contribution in [0.25, 0.3) is 0 Å². The van der Waals surface area contributed by atoms with Gasteiger partial charge in [0.05, 0.1) is 10.5 Å². The molecule has 0 spiro atoms. The molecule has 0 bridgehead atoms. The van der Waals surface area contributed by atoms with Crippen LogP contribution in [0.1, 0.15) is 29.7 Å². The average Bonchev–Trinajstić information content (AvgIpc) is 2.53. The molecule has 2 aromatic rings. The first-order chi connectivity index (χ1) is 10.8. The smallest absolute Gasteiger partial charge is 0.238 e. The third kappa shape index (κ3) is 4.36. The van der Waals surface area contributed by atoms with E-state index in [9.17, 15) is 12.8 Å². The molecule has 0 aliphatic rings. The van der Waals surface area contributed by atoms with E-state index in [1.165, 1.54) is 24.3 Å².